The van der Waals surface area contributed by atoms with E-state index in [0.29, 0.717) is 0 Å². The number of nitrogens with zero attached hydrogens (tertiary/aromatic N) is 1. The number of para-hydroxylation sites is 1. The van der Waals surface area contributed by atoms with E-state index in [-0.39, 0.29) is 0 Å². The summed E-state index contributed by atoms with van der Waals surface area (Å²) in [5.74, 6) is 0. The largest absolute Gasteiger partial charge is 0.310 e. The number of benzene rings is 11. The van der Waals surface area contributed by atoms with Gasteiger partial charge in [-0.3, -0.25) is 0 Å². The Morgan fingerprint density at radius 3 is 1.56 bits per heavy atom. The van der Waals surface area contributed by atoms with Gasteiger partial charge in [-0.05, 0) is 114 Å². The fourth-order valence-electron chi connectivity index (χ4n) is 9.63. The average Bonchev–Trinajstić information content (AvgIpc) is 3.74. The molecule has 0 amide bonds. The van der Waals surface area contributed by atoms with Crippen LogP contribution in [0, 0.1) is 0 Å². The summed E-state index contributed by atoms with van der Waals surface area (Å²) < 4.78 is 2.63. The molecule has 2 heteroatoms. The van der Waals surface area contributed by atoms with Gasteiger partial charge in [0.25, 0.3) is 0 Å². The fraction of sp³-hybridized carbons (Fsp3) is 0. The Morgan fingerprint density at radius 2 is 0.774 bits per heavy atom. The lowest BCUT2D eigenvalue weighted by atomic mass is 9.90. The molecule has 0 spiro atoms. The Hall–Kier alpha value is -7.78. The first-order valence-corrected chi connectivity index (χ1v) is 22.1. The zero-order chi connectivity index (χ0) is 41.0. The molecule has 0 atom stereocenters. The van der Waals surface area contributed by atoms with Gasteiger partial charge in [-0.15, -0.1) is 11.3 Å². The van der Waals surface area contributed by atoms with Crippen LogP contribution in [0.5, 0.6) is 0 Å². The average molecular weight is 806 g/mol. The summed E-state index contributed by atoms with van der Waals surface area (Å²) in [7, 11) is 0. The second kappa shape index (κ2) is 15.0. The summed E-state index contributed by atoms with van der Waals surface area (Å²) in [4.78, 5) is 2.43. The Balaban J connectivity index is 1.03. The molecule has 0 fully saturated rings. The van der Waals surface area contributed by atoms with Crippen molar-refractivity contribution in [2.24, 2.45) is 0 Å². The van der Waals surface area contributed by atoms with Crippen LogP contribution in [0.15, 0.2) is 237 Å². The minimum Gasteiger partial charge on any atom is -0.310 e. The summed E-state index contributed by atoms with van der Waals surface area (Å²) in [5, 5.41) is 10.2. The van der Waals surface area contributed by atoms with E-state index in [1.807, 2.05) is 11.3 Å². The fourth-order valence-corrected chi connectivity index (χ4v) is 10.8. The number of anilines is 3. The minimum atomic E-state index is 1.09. The van der Waals surface area contributed by atoms with E-state index in [1.165, 1.54) is 97.0 Å². The maximum atomic E-state index is 2.43. The van der Waals surface area contributed by atoms with Crippen molar-refractivity contribution in [1.29, 1.82) is 0 Å². The number of fused-ring (bicyclic) bond motifs is 7. The lowest BCUT2D eigenvalue weighted by Crippen LogP contribution is -2.11. The monoisotopic (exact) mass is 805 g/mol. The van der Waals surface area contributed by atoms with Crippen LogP contribution in [-0.2, 0) is 0 Å². The predicted molar refractivity (Wildman–Crippen MR) is 268 cm³/mol. The standard InChI is InChI=1S/C60H39NS/c1-2-14-40(15-3-1)49-23-10-17-44-18-11-26-54(59(44)49)53-20-6-8-27-56(53)61(46-37-32-43(33-38-46)50-24-13-29-58-60(50)55-21-7-9-28-57(55)62-58)45-35-30-42(31-36-45)48-22-12-25-51-47-19-5-4-16-41(47)34-39-52(48)51/h1-39H. The van der Waals surface area contributed by atoms with Gasteiger partial charge in [0.05, 0.1) is 5.69 Å². The van der Waals surface area contributed by atoms with E-state index in [0.717, 1.165) is 17.1 Å². The van der Waals surface area contributed by atoms with Crippen LogP contribution in [0.4, 0.5) is 17.1 Å². The van der Waals surface area contributed by atoms with Crippen LogP contribution in [0.25, 0.3) is 97.0 Å². The van der Waals surface area contributed by atoms with Gasteiger partial charge in [-0.1, -0.05) is 194 Å². The molecule has 11 aromatic carbocycles. The molecule has 1 nitrogen and oxygen atoms in total. The van der Waals surface area contributed by atoms with Gasteiger partial charge >= 0.3 is 0 Å². The van der Waals surface area contributed by atoms with Gasteiger partial charge in [0.15, 0.2) is 0 Å². The van der Waals surface area contributed by atoms with Crippen LogP contribution in [0.2, 0.25) is 0 Å². The summed E-state index contributed by atoms with van der Waals surface area (Å²) in [6.45, 7) is 0. The highest BCUT2D eigenvalue weighted by molar-refractivity contribution is 7.25. The molecule has 0 radical (unpaired) electrons. The minimum absolute atomic E-state index is 1.09. The van der Waals surface area contributed by atoms with E-state index in [9.17, 15) is 0 Å². The van der Waals surface area contributed by atoms with Crippen molar-refractivity contribution >= 4 is 80.9 Å². The van der Waals surface area contributed by atoms with Crippen LogP contribution in [-0.4, -0.2) is 0 Å². The van der Waals surface area contributed by atoms with E-state index in [2.05, 4.69) is 241 Å². The summed E-state index contributed by atoms with van der Waals surface area (Å²) in [5.41, 5.74) is 13.0. The molecular formula is C60H39NS. The van der Waals surface area contributed by atoms with Crippen molar-refractivity contribution in [3.05, 3.63) is 237 Å². The van der Waals surface area contributed by atoms with Crippen molar-refractivity contribution in [1.82, 2.24) is 0 Å². The van der Waals surface area contributed by atoms with Crippen LogP contribution >= 0.6 is 11.3 Å². The van der Waals surface area contributed by atoms with E-state index < -0.39 is 0 Å². The zero-order valence-corrected chi connectivity index (χ0v) is 34.7. The molecular weight excluding hydrogens is 767 g/mol. The lowest BCUT2D eigenvalue weighted by molar-refractivity contribution is 1.28. The third-order valence-electron chi connectivity index (χ3n) is 12.5. The van der Waals surface area contributed by atoms with Crippen molar-refractivity contribution in [3.8, 4) is 44.5 Å². The number of rotatable bonds is 7. The maximum Gasteiger partial charge on any atom is 0.0540 e. The van der Waals surface area contributed by atoms with Gasteiger partial charge in [0.1, 0.15) is 0 Å². The first-order chi connectivity index (χ1) is 30.8. The second-order valence-electron chi connectivity index (χ2n) is 16.0. The highest BCUT2D eigenvalue weighted by Crippen LogP contribution is 2.46. The zero-order valence-electron chi connectivity index (χ0n) is 33.9. The van der Waals surface area contributed by atoms with Gasteiger partial charge in [0, 0.05) is 37.1 Å². The quantitative estimate of drug-likeness (QED) is 0.145. The van der Waals surface area contributed by atoms with Gasteiger partial charge in [0.2, 0.25) is 0 Å². The third-order valence-corrected chi connectivity index (χ3v) is 13.6. The Labute approximate surface area is 365 Å². The molecule has 290 valence electrons. The Bertz CT molecular complexity index is 3610. The van der Waals surface area contributed by atoms with E-state index >= 15 is 0 Å². The van der Waals surface area contributed by atoms with E-state index in [4.69, 9.17) is 0 Å². The lowest BCUT2D eigenvalue weighted by Gasteiger charge is -2.29. The molecule has 0 aliphatic carbocycles. The van der Waals surface area contributed by atoms with Crippen molar-refractivity contribution in [2.45, 2.75) is 0 Å². The van der Waals surface area contributed by atoms with Crippen molar-refractivity contribution in [3.63, 3.8) is 0 Å². The molecule has 0 saturated carbocycles. The molecule has 0 unspecified atom stereocenters. The molecule has 12 rings (SSSR count). The Kier molecular flexibility index (Phi) is 8.76. The maximum absolute atomic E-state index is 2.43. The summed E-state index contributed by atoms with van der Waals surface area (Å²) in [6.07, 6.45) is 0. The first kappa shape index (κ1) is 36.1. The van der Waals surface area contributed by atoms with Crippen molar-refractivity contribution in [2.75, 3.05) is 4.90 Å². The molecule has 0 N–H and O–H groups in total. The molecule has 0 saturated heterocycles. The van der Waals surface area contributed by atoms with E-state index in [1.54, 1.807) is 0 Å². The van der Waals surface area contributed by atoms with Gasteiger partial charge < -0.3 is 4.90 Å². The SMILES string of the molecule is c1ccc(-c2cccc3cccc(-c4ccccc4N(c4ccc(-c5cccc6c5ccc5ccccc56)cc4)c4ccc(-c5cccc6sc7ccccc7c56)cc4)c23)cc1. The van der Waals surface area contributed by atoms with Crippen LogP contribution < -0.4 is 4.90 Å². The predicted octanol–water partition coefficient (Wildman–Crippen LogP) is 17.7. The molecule has 62 heavy (non-hydrogen) atoms. The Morgan fingerprint density at radius 1 is 0.258 bits per heavy atom. The number of hydrogen-bond acceptors (Lipinski definition) is 2. The molecule has 12 aromatic rings. The second-order valence-corrected chi connectivity index (χ2v) is 17.1. The highest BCUT2D eigenvalue weighted by Gasteiger charge is 2.21. The summed E-state index contributed by atoms with van der Waals surface area (Å²) >= 11 is 1.86. The molecule has 0 bridgehead atoms. The smallest absolute Gasteiger partial charge is 0.0540 e. The van der Waals surface area contributed by atoms with Crippen molar-refractivity contribution < 1.29 is 0 Å². The normalized spacial score (nSPS) is 11.5. The summed E-state index contributed by atoms with van der Waals surface area (Å²) in [6, 6.07) is 86.7. The molecule has 1 heterocycles. The molecule has 1 aromatic heterocycles. The first-order valence-electron chi connectivity index (χ1n) is 21.3. The number of hydrogen-bond donors (Lipinski definition) is 0. The van der Waals surface area contributed by atoms with Crippen LogP contribution in [0.1, 0.15) is 0 Å². The number of thiophene rings is 1. The van der Waals surface area contributed by atoms with Gasteiger partial charge in [-0.2, -0.15) is 0 Å². The van der Waals surface area contributed by atoms with Crippen LogP contribution in [0.3, 0.4) is 0 Å². The topological polar surface area (TPSA) is 3.24 Å². The highest BCUT2D eigenvalue weighted by atomic mass is 32.1. The molecule has 0 aliphatic heterocycles. The van der Waals surface area contributed by atoms with Gasteiger partial charge in [-0.25, -0.2) is 0 Å². The third kappa shape index (κ3) is 6.07. The molecule has 0 aliphatic rings.